The maximum Gasteiger partial charge on any atom is 0.290 e. The number of thiophene rings is 1. The first-order valence-electron chi connectivity index (χ1n) is 5.34. The molecule has 19 heavy (non-hydrogen) atoms. The molecule has 6 nitrogen and oxygen atoms in total. The highest BCUT2D eigenvalue weighted by molar-refractivity contribution is 7.12. The minimum absolute atomic E-state index is 0.227. The van der Waals surface area contributed by atoms with Crippen LogP contribution in [0.3, 0.4) is 0 Å². The summed E-state index contributed by atoms with van der Waals surface area (Å²) in [6, 6.07) is 1.68. The zero-order valence-corrected chi connectivity index (χ0v) is 12.2. The third-order valence-corrected chi connectivity index (χ3v) is 3.24. The molecule has 1 atom stereocenters. The van der Waals surface area contributed by atoms with E-state index >= 15 is 0 Å². The molecule has 3 N–H and O–H groups in total. The van der Waals surface area contributed by atoms with Gasteiger partial charge in [0.15, 0.2) is 0 Å². The predicted octanol–water partition coefficient (Wildman–Crippen LogP) is 0.755. The van der Waals surface area contributed by atoms with E-state index in [1.807, 2.05) is 19.0 Å². The average Bonchev–Trinajstić information content (AvgIpc) is 2.72. The maximum absolute atomic E-state index is 11.6. The fraction of sp³-hybridized carbons (Fsp3) is 0.455. The molecule has 1 amide bonds. The molecule has 0 saturated carbocycles. The average molecular weight is 309 g/mol. The van der Waals surface area contributed by atoms with Crippen molar-refractivity contribution in [2.75, 3.05) is 27.2 Å². The van der Waals surface area contributed by atoms with Gasteiger partial charge in [-0.25, -0.2) is 0 Å². The van der Waals surface area contributed by atoms with E-state index in [1.54, 1.807) is 11.4 Å². The highest BCUT2D eigenvalue weighted by Crippen LogP contribution is 2.21. The summed E-state index contributed by atoms with van der Waals surface area (Å²) in [5.74, 6) is -0.238. The van der Waals surface area contributed by atoms with Crippen molar-refractivity contribution < 1.29 is 19.8 Å². The number of hydrogen-bond donors (Lipinski definition) is 3. The molecule has 1 aromatic heterocycles. The van der Waals surface area contributed by atoms with Gasteiger partial charge in [-0.1, -0.05) is 11.6 Å². The quantitative estimate of drug-likeness (QED) is 0.699. The number of amides is 1. The SMILES string of the molecule is CN(C)CC(O)CNC(=O)c1sccc1Cl.O=CO. The van der Waals surface area contributed by atoms with E-state index in [-0.39, 0.29) is 18.9 Å². The van der Waals surface area contributed by atoms with Gasteiger partial charge in [-0.05, 0) is 25.5 Å². The zero-order chi connectivity index (χ0) is 14.8. The van der Waals surface area contributed by atoms with Crippen molar-refractivity contribution in [2.45, 2.75) is 6.10 Å². The fourth-order valence-electron chi connectivity index (χ4n) is 1.23. The Morgan fingerprint density at radius 1 is 1.63 bits per heavy atom. The van der Waals surface area contributed by atoms with E-state index in [2.05, 4.69) is 5.32 Å². The molecule has 0 aliphatic rings. The van der Waals surface area contributed by atoms with Gasteiger partial charge in [-0.15, -0.1) is 11.3 Å². The van der Waals surface area contributed by atoms with Crippen molar-refractivity contribution in [3.63, 3.8) is 0 Å². The van der Waals surface area contributed by atoms with Crippen molar-refractivity contribution >= 4 is 35.3 Å². The minimum Gasteiger partial charge on any atom is -0.483 e. The van der Waals surface area contributed by atoms with Crippen LogP contribution in [0.2, 0.25) is 5.02 Å². The highest BCUT2D eigenvalue weighted by Gasteiger charge is 2.13. The molecule has 108 valence electrons. The van der Waals surface area contributed by atoms with Crippen molar-refractivity contribution in [3.8, 4) is 0 Å². The molecule has 0 radical (unpaired) electrons. The van der Waals surface area contributed by atoms with Crippen LogP contribution in [0.5, 0.6) is 0 Å². The Bertz CT molecular complexity index is 398. The topological polar surface area (TPSA) is 89.9 Å². The van der Waals surface area contributed by atoms with E-state index in [0.29, 0.717) is 16.4 Å². The summed E-state index contributed by atoms with van der Waals surface area (Å²) in [4.78, 5) is 22.3. The number of hydrogen-bond acceptors (Lipinski definition) is 5. The zero-order valence-electron chi connectivity index (χ0n) is 10.7. The largest absolute Gasteiger partial charge is 0.483 e. The predicted molar refractivity (Wildman–Crippen MR) is 74.9 cm³/mol. The molecular formula is C11H17ClN2O4S. The molecule has 1 heterocycles. The molecule has 0 fully saturated rings. The number of aliphatic hydroxyl groups is 1. The van der Waals surface area contributed by atoms with Crippen LogP contribution in [0.25, 0.3) is 0 Å². The summed E-state index contributed by atoms with van der Waals surface area (Å²) >= 11 is 7.10. The normalized spacial score (nSPS) is 11.4. The first kappa shape index (κ1) is 17.8. The number of carbonyl (C=O) groups is 2. The lowest BCUT2D eigenvalue weighted by Crippen LogP contribution is -2.37. The van der Waals surface area contributed by atoms with Crippen LogP contribution in [0.4, 0.5) is 0 Å². The number of carbonyl (C=O) groups excluding carboxylic acids is 1. The second kappa shape index (κ2) is 9.74. The Kier molecular flexibility index (Phi) is 9.15. The number of rotatable bonds is 5. The number of likely N-dealkylation sites (N-methyl/N-ethyl adjacent to an activating group) is 1. The first-order valence-corrected chi connectivity index (χ1v) is 6.60. The smallest absolute Gasteiger partial charge is 0.290 e. The van der Waals surface area contributed by atoms with Gasteiger partial charge in [0, 0.05) is 13.1 Å². The van der Waals surface area contributed by atoms with Crippen LogP contribution in [-0.2, 0) is 4.79 Å². The first-order chi connectivity index (χ1) is 8.92. The summed E-state index contributed by atoms with van der Waals surface area (Å²) in [7, 11) is 3.72. The molecule has 0 saturated heterocycles. The lowest BCUT2D eigenvalue weighted by Gasteiger charge is -2.16. The molecule has 1 unspecified atom stereocenters. The van der Waals surface area contributed by atoms with Crippen molar-refractivity contribution in [1.82, 2.24) is 10.2 Å². The van der Waals surface area contributed by atoms with Gasteiger partial charge in [0.05, 0.1) is 11.1 Å². The Hall–Kier alpha value is -1.15. The summed E-state index contributed by atoms with van der Waals surface area (Å²) in [6.07, 6.45) is -0.572. The minimum atomic E-state index is -0.572. The van der Waals surface area contributed by atoms with Crippen molar-refractivity contribution in [2.24, 2.45) is 0 Å². The summed E-state index contributed by atoms with van der Waals surface area (Å²) in [5.41, 5.74) is 0. The Labute approximate surface area is 120 Å². The fourth-order valence-corrected chi connectivity index (χ4v) is 2.29. The van der Waals surface area contributed by atoms with E-state index < -0.39 is 6.10 Å². The third kappa shape index (κ3) is 7.78. The lowest BCUT2D eigenvalue weighted by molar-refractivity contribution is -0.122. The van der Waals surface area contributed by atoms with Crippen LogP contribution in [-0.4, -0.2) is 60.8 Å². The molecule has 8 heteroatoms. The number of carboxylic acid groups (broad SMARTS) is 1. The van der Waals surface area contributed by atoms with E-state index in [0.717, 1.165) is 0 Å². The van der Waals surface area contributed by atoms with Crippen LogP contribution >= 0.6 is 22.9 Å². The molecule has 0 aliphatic heterocycles. The lowest BCUT2D eigenvalue weighted by atomic mass is 10.3. The third-order valence-electron chi connectivity index (χ3n) is 1.90. The number of halogens is 1. The van der Waals surface area contributed by atoms with Gasteiger partial charge in [0.25, 0.3) is 12.4 Å². The molecular weight excluding hydrogens is 292 g/mol. The van der Waals surface area contributed by atoms with Gasteiger partial charge in [-0.2, -0.15) is 0 Å². The van der Waals surface area contributed by atoms with Gasteiger partial charge in [-0.3, -0.25) is 9.59 Å². The molecule has 1 aromatic rings. The van der Waals surface area contributed by atoms with Crippen LogP contribution in [0.15, 0.2) is 11.4 Å². The monoisotopic (exact) mass is 308 g/mol. The molecule has 0 aliphatic carbocycles. The van der Waals surface area contributed by atoms with E-state index in [1.165, 1.54) is 11.3 Å². The second-order valence-electron chi connectivity index (χ2n) is 3.83. The van der Waals surface area contributed by atoms with Gasteiger partial charge < -0.3 is 20.4 Å². The number of nitrogens with zero attached hydrogens (tertiary/aromatic N) is 1. The number of nitrogens with one attached hydrogen (secondary N) is 1. The molecule has 1 rings (SSSR count). The van der Waals surface area contributed by atoms with Crippen LogP contribution < -0.4 is 5.32 Å². The molecule has 0 spiro atoms. The van der Waals surface area contributed by atoms with E-state index in [4.69, 9.17) is 21.5 Å². The number of aliphatic hydroxyl groups excluding tert-OH is 1. The summed E-state index contributed by atoms with van der Waals surface area (Å²) in [5, 5.41) is 21.3. The van der Waals surface area contributed by atoms with E-state index in [9.17, 15) is 9.90 Å². The standard InChI is InChI=1S/C10H15ClN2O2S.CH2O2/c1-13(2)6-7(14)5-12-10(15)9-8(11)3-4-16-9;2-1-3/h3-4,7,14H,5-6H2,1-2H3,(H,12,15);1H,(H,2,3). The van der Waals surface area contributed by atoms with Gasteiger partial charge in [0.1, 0.15) is 4.88 Å². The molecule has 0 aromatic carbocycles. The van der Waals surface area contributed by atoms with Crippen molar-refractivity contribution in [1.29, 1.82) is 0 Å². The highest BCUT2D eigenvalue weighted by atomic mass is 35.5. The van der Waals surface area contributed by atoms with Crippen molar-refractivity contribution in [3.05, 3.63) is 21.3 Å². The molecule has 0 bridgehead atoms. The summed E-state index contributed by atoms with van der Waals surface area (Å²) < 4.78 is 0. The Morgan fingerprint density at radius 3 is 2.63 bits per heavy atom. The summed E-state index contributed by atoms with van der Waals surface area (Å²) in [6.45, 7) is 0.490. The van der Waals surface area contributed by atoms with Gasteiger partial charge >= 0.3 is 0 Å². The van der Waals surface area contributed by atoms with Crippen LogP contribution in [0, 0.1) is 0 Å². The van der Waals surface area contributed by atoms with Gasteiger partial charge in [0.2, 0.25) is 0 Å². The van der Waals surface area contributed by atoms with Crippen LogP contribution in [0.1, 0.15) is 9.67 Å². The maximum atomic E-state index is 11.6. The Balaban J connectivity index is 0.000000982. The Morgan fingerprint density at radius 2 is 2.21 bits per heavy atom. The second-order valence-corrected chi connectivity index (χ2v) is 5.15.